The van der Waals surface area contributed by atoms with Gasteiger partial charge in [-0.25, -0.2) is 9.37 Å². The Morgan fingerprint density at radius 3 is 3.05 bits per heavy atom. The fourth-order valence-corrected chi connectivity index (χ4v) is 3.74. The summed E-state index contributed by atoms with van der Waals surface area (Å²) in [6, 6.07) is 6.60. The van der Waals surface area contributed by atoms with E-state index >= 15 is 0 Å². The van der Waals surface area contributed by atoms with E-state index in [0.29, 0.717) is 23.7 Å². The molecule has 0 radical (unpaired) electrons. The van der Waals surface area contributed by atoms with Gasteiger partial charge in [0.15, 0.2) is 0 Å². The molecule has 4 nitrogen and oxygen atoms in total. The zero-order valence-electron chi connectivity index (χ0n) is 12.0. The molecule has 116 valence electrons. The second-order valence-electron chi connectivity index (χ2n) is 5.52. The van der Waals surface area contributed by atoms with E-state index in [-0.39, 0.29) is 11.7 Å². The predicted molar refractivity (Wildman–Crippen MR) is 83.1 cm³/mol. The maximum absolute atomic E-state index is 13.8. The van der Waals surface area contributed by atoms with Crippen LogP contribution in [0.5, 0.6) is 0 Å². The minimum Gasteiger partial charge on any atom is -0.481 e. The van der Waals surface area contributed by atoms with Crippen LogP contribution in [0.2, 0.25) is 0 Å². The van der Waals surface area contributed by atoms with Crippen LogP contribution < -0.4 is 0 Å². The van der Waals surface area contributed by atoms with Crippen molar-refractivity contribution in [2.75, 3.05) is 13.1 Å². The van der Waals surface area contributed by atoms with Gasteiger partial charge in [-0.2, -0.15) is 0 Å². The normalized spacial score (nSPS) is 19.2. The van der Waals surface area contributed by atoms with E-state index in [1.54, 1.807) is 24.4 Å². The van der Waals surface area contributed by atoms with E-state index in [1.165, 1.54) is 17.4 Å². The number of carbonyl (C=O) groups is 1. The number of hydrogen-bond acceptors (Lipinski definition) is 4. The molecule has 1 saturated heterocycles. The minimum atomic E-state index is -0.721. The number of thiazole rings is 1. The number of aliphatic carboxylic acids is 1. The Kier molecular flexibility index (Phi) is 4.49. The molecule has 0 bridgehead atoms. The highest BCUT2D eigenvalue weighted by molar-refractivity contribution is 7.15. The fraction of sp³-hybridized carbons (Fsp3) is 0.375. The van der Waals surface area contributed by atoms with Gasteiger partial charge in [-0.3, -0.25) is 9.69 Å². The van der Waals surface area contributed by atoms with Crippen molar-refractivity contribution in [1.29, 1.82) is 0 Å². The maximum atomic E-state index is 13.8. The smallest absolute Gasteiger partial charge is 0.307 e. The fourth-order valence-electron chi connectivity index (χ4n) is 2.76. The molecule has 22 heavy (non-hydrogen) atoms. The van der Waals surface area contributed by atoms with Crippen LogP contribution in [0.4, 0.5) is 4.39 Å². The van der Waals surface area contributed by atoms with E-state index in [1.807, 2.05) is 0 Å². The summed E-state index contributed by atoms with van der Waals surface area (Å²) >= 11 is 1.46. The molecule has 1 atom stereocenters. The number of benzene rings is 1. The Hall–Kier alpha value is -1.79. The number of likely N-dealkylation sites (tertiary alicyclic amines) is 1. The van der Waals surface area contributed by atoms with Crippen LogP contribution in [0, 0.1) is 11.7 Å². The summed E-state index contributed by atoms with van der Waals surface area (Å²) in [6.07, 6.45) is 3.40. The van der Waals surface area contributed by atoms with Crippen molar-refractivity contribution in [1.82, 2.24) is 9.88 Å². The number of nitrogens with zero attached hydrogens (tertiary/aromatic N) is 2. The topological polar surface area (TPSA) is 53.4 Å². The van der Waals surface area contributed by atoms with Crippen LogP contribution in [0.15, 0.2) is 30.5 Å². The summed E-state index contributed by atoms with van der Waals surface area (Å²) in [5.41, 5.74) is 0.515. The third kappa shape index (κ3) is 3.34. The molecule has 0 aliphatic carbocycles. The lowest BCUT2D eigenvalue weighted by molar-refractivity contribution is -0.143. The number of carboxylic acids is 1. The van der Waals surface area contributed by atoms with Crippen molar-refractivity contribution in [2.24, 2.45) is 5.92 Å². The van der Waals surface area contributed by atoms with Gasteiger partial charge in [0.25, 0.3) is 0 Å². The molecule has 1 N–H and O–H groups in total. The molecule has 1 fully saturated rings. The van der Waals surface area contributed by atoms with Crippen LogP contribution in [0.1, 0.15) is 17.7 Å². The molecule has 2 heterocycles. The minimum absolute atomic E-state index is 0.271. The Labute approximate surface area is 132 Å². The number of aromatic nitrogens is 1. The van der Waals surface area contributed by atoms with Crippen molar-refractivity contribution in [3.8, 4) is 10.6 Å². The van der Waals surface area contributed by atoms with Crippen LogP contribution in [-0.4, -0.2) is 34.0 Å². The molecular weight excluding hydrogens is 303 g/mol. The van der Waals surface area contributed by atoms with Crippen molar-refractivity contribution < 1.29 is 14.3 Å². The summed E-state index contributed by atoms with van der Waals surface area (Å²) in [7, 11) is 0. The third-order valence-corrected chi connectivity index (χ3v) is 4.91. The first-order valence-electron chi connectivity index (χ1n) is 7.28. The quantitative estimate of drug-likeness (QED) is 0.939. The van der Waals surface area contributed by atoms with E-state index in [4.69, 9.17) is 5.11 Å². The maximum Gasteiger partial charge on any atom is 0.307 e. The molecule has 0 saturated carbocycles. The van der Waals surface area contributed by atoms with Gasteiger partial charge in [0.2, 0.25) is 0 Å². The van der Waals surface area contributed by atoms with Gasteiger partial charge >= 0.3 is 5.97 Å². The lowest BCUT2D eigenvalue weighted by Crippen LogP contribution is -2.37. The van der Waals surface area contributed by atoms with Gasteiger partial charge in [-0.1, -0.05) is 12.1 Å². The summed E-state index contributed by atoms with van der Waals surface area (Å²) in [4.78, 5) is 18.6. The van der Waals surface area contributed by atoms with Crippen LogP contribution in [-0.2, 0) is 11.3 Å². The first-order valence-corrected chi connectivity index (χ1v) is 8.10. The van der Waals surface area contributed by atoms with Crippen molar-refractivity contribution in [2.45, 2.75) is 19.4 Å². The molecule has 1 aromatic heterocycles. The number of hydrogen-bond donors (Lipinski definition) is 1. The van der Waals surface area contributed by atoms with Gasteiger partial charge in [0, 0.05) is 29.7 Å². The molecule has 2 aromatic rings. The number of piperidine rings is 1. The summed E-state index contributed by atoms with van der Waals surface area (Å²) in [5.74, 6) is -1.28. The van der Waals surface area contributed by atoms with E-state index in [2.05, 4.69) is 9.88 Å². The number of carboxylic acid groups (broad SMARTS) is 1. The zero-order chi connectivity index (χ0) is 15.5. The Balaban J connectivity index is 1.70. The van der Waals surface area contributed by atoms with Crippen LogP contribution in [0.25, 0.3) is 10.6 Å². The molecule has 6 heteroatoms. The van der Waals surface area contributed by atoms with Crippen molar-refractivity contribution in [3.05, 3.63) is 41.2 Å². The lowest BCUT2D eigenvalue weighted by atomic mass is 9.98. The zero-order valence-corrected chi connectivity index (χ0v) is 12.9. The van der Waals surface area contributed by atoms with E-state index in [9.17, 15) is 9.18 Å². The molecule has 0 spiro atoms. The average molecular weight is 320 g/mol. The van der Waals surface area contributed by atoms with E-state index < -0.39 is 5.97 Å². The van der Waals surface area contributed by atoms with Gasteiger partial charge < -0.3 is 5.11 Å². The summed E-state index contributed by atoms with van der Waals surface area (Å²) in [6.45, 7) is 2.15. The van der Waals surface area contributed by atoms with Gasteiger partial charge in [0.1, 0.15) is 10.8 Å². The molecule has 1 aliphatic rings. The SMILES string of the molecule is O=C(O)C1CCCN(Cc2cnc(-c3ccccc3F)s2)C1. The second-order valence-corrected chi connectivity index (χ2v) is 6.64. The molecule has 3 rings (SSSR count). The standard InChI is InChI=1S/C16H17FN2O2S/c17-14-6-2-1-5-13(14)15-18-8-12(22-15)10-19-7-3-4-11(9-19)16(20)21/h1-2,5-6,8,11H,3-4,7,9-10H2,(H,20,21). The van der Waals surface area contributed by atoms with Crippen molar-refractivity contribution >= 4 is 17.3 Å². The Morgan fingerprint density at radius 1 is 1.45 bits per heavy atom. The van der Waals surface area contributed by atoms with Gasteiger partial charge in [0.05, 0.1) is 5.92 Å². The highest BCUT2D eigenvalue weighted by Gasteiger charge is 2.25. The highest BCUT2D eigenvalue weighted by Crippen LogP contribution is 2.28. The van der Waals surface area contributed by atoms with E-state index in [0.717, 1.165) is 24.3 Å². The Bertz CT molecular complexity index is 674. The van der Waals surface area contributed by atoms with Gasteiger partial charge in [-0.15, -0.1) is 11.3 Å². The second kappa shape index (κ2) is 6.54. The molecule has 1 aliphatic heterocycles. The monoisotopic (exact) mass is 320 g/mol. The number of rotatable bonds is 4. The third-order valence-electron chi connectivity index (χ3n) is 3.89. The molecule has 0 amide bonds. The first-order chi connectivity index (χ1) is 10.6. The average Bonchev–Trinajstić information content (AvgIpc) is 2.96. The lowest BCUT2D eigenvalue weighted by Gasteiger charge is -2.29. The highest BCUT2D eigenvalue weighted by atomic mass is 32.1. The summed E-state index contributed by atoms with van der Waals surface area (Å²) < 4.78 is 13.8. The van der Waals surface area contributed by atoms with Crippen molar-refractivity contribution in [3.63, 3.8) is 0 Å². The molecule has 1 unspecified atom stereocenters. The summed E-state index contributed by atoms with van der Waals surface area (Å²) in [5, 5.41) is 9.79. The molecular formula is C16H17FN2O2S. The molecule has 1 aromatic carbocycles. The first kappa shape index (κ1) is 15.1. The predicted octanol–water partition coefficient (Wildman–Crippen LogP) is 3.25. The Morgan fingerprint density at radius 2 is 2.27 bits per heavy atom. The largest absolute Gasteiger partial charge is 0.481 e. The van der Waals surface area contributed by atoms with Gasteiger partial charge in [-0.05, 0) is 31.5 Å². The van der Waals surface area contributed by atoms with Crippen LogP contribution in [0.3, 0.4) is 0 Å². The number of halogens is 1. The van der Waals surface area contributed by atoms with Crippen LogP contribution >= 0.6 is 11.3 Å².